The van der Waals surface area contributed by atoms with Gasteiger partial charge in [0.25, 0.3) is 15.9 Å². The van der Waals surface area contributed by atoms with E-state index in [2.05, 4.69) is 15.4 Å². The Morgan fingerprint density at radius 1 is 0.943 bits per heavy atom. The third-order valence-corrected chi connectivity index (χ3v) is 7.36. The van der Waals surface area contributed by atoms with Gasteiger partial charge in [-0.05, 0) is 67.6 Å². The van der Waals surface area contributed by atoms with E-state index >= 15 is 0 Å². The molecule has 3 N–H and O–H groups in total. The summed E-state index contributed by atoms with van der Waals surface area (Å²) in [5.41, 5.74) is 2.91. The molecular formula is C27H29N3O4S. The number of sulfonamides is 1. The van der Waals surface area contributed by atoms with Crippen LogP contribution in [0.1, 0.15) is 39.9 Å². The number of benzene rings is 3. The predicted molar refractivity (Wildman–Crippen MR) is 136 cm³/mol. The van der Waals surface area contributed by atoms with Gasteiger partial charge in [-0.1, -0.05) is 48.5 Å². The largest absolute Gasteiger partial charge is 0.352 e. The van der Waals surface area contributed by atoms with Gasteiger partial charge in [0.15, 0.2) is 0 Å². The summed E-state index contributed by atoms with van der Waals surface area (Å²) in [7, 11) is -3.84. The van der Waals surface area contributed by atoms with Crippen LogP contribution in [0, 0.1) is 13.8 Å². The first-order valence-corrected chi connectivity index (χ1v) is 13.0. The molecule has 0 aromatic heterocycles. The van der Waals surface area contributed by atoms with E-state index in [-0.39, 0.29) is 28.1 Å². The van der Waals surface area contributed by atoms with Crippen molar-refractivity contribution in [2.45, 2.75) is 50.1 Å². The Balaban J connectivity index is 1.51. The fraction of sp³-hybridized carbons (Fsp3) is 0.259. The van der Waals surface area contributed by atoms with Gasteiger partial charge in [0.1, 0.15) is 6.04 Å². The van der Waals surface area contributed by atoms with Crippen LogP contribution < -0.4 is 15.4 Å². The molecule has 1 aliphatic carbocycles. The molecule has 8 heteroatoms. The van der Waals surface area contributed by atoms with Crippen molar-refractivity contribution in [3.05, 3.63) is 95.1 Å². The molecule has 182 valence electrons. The van der Waals surface area contributed by atoms with Crippen LogP contribution in [0.25, 0.3) is 0 Å². The Bertz CT molecular complexity index is 1340. The number of nitrogens with one attached hydrogen (secondary N) is 3. The molecule has 1 aliphatic rings. The molecule has 0 radical (unpaired) electrons. The second-order valence-corrected chi connectivity index (χ2v) is 10.6. The fourth-order valence-electron chi connectivity index (χ4n) is 3.76. The smallest absolute Gasteiger partial charge is 0.262 e. The first kappa shape index (κ1) is 24.5. The van der Waals surface area contributed by atoms with Gasteiger partial charge >= 0.3 is 0 Å². The molecule has 0 heterocycles. The number of anilines is 1. The third-order valence-electron chi connectivity index (χ3n) is 5.84. The monoisotopic (exact) mass is 491 g/mol. The Kier molecular flexibility index (Phi) is 7.21. The molecule has 3 aromatic carbocycles. The molecule has 4 rings (SSSR count). The normalized spacial score (nSPS) is 14.1. The highest BCUT2D eigenvalue weighted by molar-refractivity contribution is 7.92. The first-order valence-electron chi connectivity index (χ1n) is 11.6. The van der Waals surface area contributed by atoms with Crippen molar-refractivity contribution in [1.29, 1.82) is 0 Å². The third kappa shape index (κ3) is 6.48. The minimum absolute atomic E-state index is 0.167. The Morgan fingerprint density at radius 3 is 2.40 bits per heavy atom. The molecule has 7 nitrogen and oxygen atoms in total. The summed E-state index contributed by atoms with van der Waals surface area (Å²) in [5.74, 6) is -0.679. The van der Waals surface area contributed by atoms with Gasteiger partial charge in [0.05, 0.1) is 4.90 Å². The number of hydrogen-bond donors (Lipinski definition) is 3. The maximum Gasteiger partial charge on any atom is 0.262 e. The molecule has 2 amide bonds. The first-order chi connectivity index (χ1) is 16.7. The van der Waals surface area contributed by atoms with Crippen LogP contribution >= 0.6 is 0 Å². The second kappa shape index (κ2) is 10.3. The SMILES string of the molecule is Cc1ccc(C)c(S(=O)(=O)Nc2cccc(C(=O)NC(Cc3ccccc3)C(=O)NC3CC3)c2)c1. The van der Waals surface area contributed by atoms with Crippen LogP contribution in [-0.4, -0.2) is 32.3 Å². The van der Waals surface area contributed by atoms with Crippen molar-refractivity contribution in [3.8, 4) is 0 Å². The number of amides is 2. The lowest BCUT2D eigenvalue weighted by molar-refractivity contribution is -0.123. The summed E-state index contributed by atoms with van der Waals surface area (Å²) in [6, 6.07) is 20.4. The van der Waals surface area contributed by atoms with Gasteiger partial charge in [-0.15, -0.1) is 0 Å². The van der Waals surface area contributed by atoms with Crippen LogP contribution in [0.2, 0.25) is 0 Å². The van der Waals surface area contributed by atoms with E-state index in [0.717, 1.165) is 24.0 Å². The Morgan fingerprint density at radius 2 is 1.69 bits per heavy atom. The molecule has 1 fully saturated rings. The molecule has 1 saturated carbocycles. The number of rotatable bonds is 9. The maximum absolute atomic E-state index is 13.1. The molecule has 3 aromatic rings. The summed E-state index contributed by atoms with van der Waals surface area (Å²) < 4.78 is 28.5. The molecule has 1 atom stereocenters. The summed E-state index contributed by atoms with van der Waals surface area (Å²) in [6.45, 7) is 3.56. The highest BCUT2D eigenvalue weighted by Crippen LogP contribution is 2.22. The van der Waals surface area contributed by atoms with Gasteiger partial charge in [0, 0.05) is 23.7 Å². The van der Waals surface area contributed by atoms with E-state index in [0.29, 0.717) is 12.0 Å². The Labute approximate surface area is 206 Å². The van der Waals surface area contributed by atoms with E-state index < -0.39 is 22.0 Å². The van der Waals surface area contributed by atoms with Gasteiger partial charge in [-0.3, -0.25) is 14.3 Å². The molecular weight excluding hydrogens is 462 g/mol. The minimum Gasteiger partial charge on any atom is -0.352 e. The zero-order valence-electron chi connectivity index (χ0n) is 19.7. The topological polar surface area (TPSA) is 104 Å². The molecule has 0 aliphatic heterocycles. The van der Waals surface area contributed by atoms with Crippen molar-refractivity contribution in [2.24, 2.45) is 0 Å². The highest BCUT2D eigenvalue weighted by Gasteiger charge is 2.29. The lowest BCUT2D eigenvalue weighted by Crippen LogP contribution is -2.48. The molecule has 35 heavy (non-hydrogen) atoms. The summed E-state index contributed by atoms with van der Waals surface area (Å²) in [4.78, 5) is 26.1. The van der Waals surface area contributed by atoms with E-state index in [1.54, 1.807) is 37.3 Å². The van der Waals surface area contributed by atoms with Crippen LogP contribution in [0.3, 0.4) is 0 Å². The van der Waals surface area contributed by atoms with E-state index in [4.69, 9.17) is 0 Å². The van der Waals surface area contributed by atoms with Crippen molar-refractivity contribution in [2.75, 3.05) is 4.72 Å². The highest BCUT2D eigenvalue weighted by atomic mass is 32.2. The maximum atomic E-state index is 13.1. The number of carbonyl (C=O) groups is 2. The number of hydrogen-bond acceptors (Lipinski definition) is 4. The average Bonchev–Trinajstić information content (AvgIpc) is 3.64. The molecule has 0 spiro atoms. The molecule has 0 saturated heterocycles. The summed E-state index contributed by atoms with van der Waals surface area (Å²) in [5, 5.41) is 5.78. The van der Waals surface area contributed by atoms with Crippen LogP contribution in [0.15, 0.2) is 77.7 Å². The quantitative estimate of drug-likeness (QED) is 0.424. The van der Waals surface area contributed by atoms with Crippen LogP contribution in [0.5, 0.6) is 0 Å². The standard InChI is InChI=1S/C27H29N3O4S/c1-18-11-12-19(2)25(15-18)35(33,34)30-23-10-6-9-21(17-23)26(31)29-24(27(32)28-22-13-14-22)16-20-7-4-3-5-8-20/h3-12,15,17,22,24,30H,13-14,16H2,1-2H3,(H,28,32)(H,29,31). The predicted octanol–water partition coefficient (Wildman–Crippen LogP) is 3.72. The summed E-state index contributed by atoms with van der Waals surface area (Å²) in [6.07, 6.45) is 2.24. The average molecular weight is 492 g/mol. The van der Waals surface area contributed by atoms with Crippen molar-refractivity contribution < 1.29 is 18.0 Å². The van der Waals surface area contributed by atoms with Crippen molar-refractivity contribution in [1.82, 2.24) is 10.6 Å². The minimum atomic E-state index is -3.84. The van der Waals surface area contributed by atoms with Crippen LogP contribution in [0.4, 0.5) is 5.69 Å². The van der Waals surface area contributed by atoms with Gasteiger partial charge in [-0.25, -0.2) is 8.42 Å². The molecule has 1 unspecified atom stereocenters. The zero-order valence-corrected chi connectivity index (χ0v) is 20.6. The van der Waals surface area contributed by atoms with E-state index in [1.807, 2.05) is 43.3 Å². The second-order valence-electron chi connectivity index (χ2n) is 8.95. The lowest BCUT2D eigenvalue weighted by atomic mass is 10.0. The zero-order chi connectivity index (χ0) is 25.0. The fourth-order valence-corrected chi connectivity index (χ4v) is 5.14. The van der Waals surface area contributed by atoms with Gasteiger partial charge in [-0.2, -0.15) is 0 Å². The molecule has 0 bridgehead atoms. The number of aryl methyl sites for hydroxylation is 2. The lowest BCUT2D eigenvalue weighted by Gasteiger charge is -2.19. The van der Waals surface area contributed by atoms with Gasteiger partial charge < -0.3 is 10.6 Å². The van der Waals surface area contributed by atoms with Crippen LogP contribution in [-0.2, 0) is 21.2 Å². The van der Waals surface area contributed by atoms with Gasteiger partial charge in [0.2, 0.25) is 5.91 Å². The summed E-state index contributed by atoms with van der Waals surface area (Å²) >= 11 is 0. The number of carbonyl (C=O) groups excluding carboxylic acids is 2. The Hall–Kier alpha value is -3.65. The van der Waals surface area contributed by atoms with E-state index in [9.17, 15) is 18.0 Å². The van der Waals surface area contributed by atoms with Crippen molar-refractivity contribution in [3.63, 3.8) is 0 Å². The van der Waals surface area contributed by atoms with Crippen molar-refractivity contribution >= 4 is 27.5 Å². The van der Waals surface area contributed by atoms with E-state index in [1.165, 1.54) is 6.07 Å².